The molecule has 118 valence electrons. The third-order valence-corrected chi connectivity index (χ3v) is 3.64. The van der Waals surface area contributed by atoms with E-state index in [0.29, 0.717) is 6.42 Å². The Morgan fingerprint density at radius 3 is 2.40 bits per heavy atom. The van der Waals surface area contributed by atoms with Gasteiger partial charge in [-0.2, -0.15) is 0 Å². The molecule has 1 rings (SSSR count). The quantitative estimate of drug-likeness (QED) is 0.531. The Morgan fingerprint density at radius 1 is 1.20 bits per heavy atom. The molecule has 0 amide bonds. The molecule has 1 heterocycles. The lowest BCUT2D eigenvalue weighted by Crippen LogP contribution is -2.41. The molecule has 1 aliphatic rings. The second-order valence-electron chi connectivity index (χ2n) is 5.26. The summed E-state index contributed by atoms with van der Waals surface area (Å²) in [5, 5.41) is 29.2. The minimum absolute atomic E-state index is 0.350. The third kappa shape index (κ3) is 4.49. The van der Waals surface area contributed by atoms with E-state index >= 15 is 0 Å². The summed E-state index contributed by atoms with van der Waals surface area (Å²) in [6.07, 6.45) is -0.603. The van der Waals surface area contributed by atoms with Crippen LogP contribution in [-0.2, 0) is 14.3 Å². The van der Waals surface area contributed by atoms with Gasteiger partial charge in [0.25, 0.3) is 0 Å². The molecule has 6 heteroatoms. The Labute approximate surface area is 119 Å². The first-order chi connectivity index (χ1) is 9.52. The van der Waals surface area contributed by atoms with Crippen molar-refractivity contribution in [3.8, 4) is 0 Å². The van der Waals surface area contributed by atoms with Gasteiger partial charge in [0.1, 0.15) is 18.3 Å². The van der Waals surface area contributed by atoms with E-state index in [9.17, 15) is 20.1 Å². The molecule has 20 heavy (non-hydrogen) atoms. The molecule has 0 aromatic carbocycles. The van der Waals surface area contributed by atoms with Crippen LogP contribution in [0.5, 0.6) is 0 Å². The lowest BCUT2D eigenvalue weighted by atomic mass is 9.99. The Balaban J connectivity index is 2.37. The smallest absolute Gasteiger partial charge is 0.192 e. The third-order valence-electron chi connectivity index (χ3n) is 3.64. The van der Waals surface area contributed by atoms with Crippen molar-refractivity contribution < 1.29 is 29.6 Å². The van der Waals surface area contributed by atoms with E-state index in [1.54, 1.807) is 0 Å². The number of ketones is 1. The highest BCUT2D eigenvalue weighted by atomic mass is 16.7. The SMILES string of the molecule is CCCCCCCC(O)C(=O)[C@H]1O[C@H](OC)[C@@H](O)[C@@H]1O. The van der Waals surface area contributed by atoms with Crippen LogP contribution in [0.1, 0.15) is 45.4 Å². The number of aliphatic hydroxyl groups excluding tert-OH is 3. The number of rotatable bonds is 9. The van der Waals surface area contributed by atoms with Crippen LogP contribution in [0.4, 0.5) is 0 Å². The van der Waals surface area contributed by atoms with E-state index in [4.69, 9.17) is 9.47 Å². The maximum atomic E-state index is 12.0. The molecular formula is C14H26O6. The molecule has 0 saturated carbocycles. The van der Waals surface area contributed by atoms with Gasteiger partial charge < -0.3 is 24.8 Å². The number of hydrogen-bond acceptors (Lipinski definition) is 6. The van der Waals surface area contributed by atoms with E-state index in [1.807, 2.05) is 0 Å². The Kier molecular flexibility index (Phi) is 7.61. The first-order valence-corrected chi connectivity index (χ1v) is 7.29. The van der Waals surface area contributed by atoms with E-state index in [1.165, 1.54) is 7.11 Å². The number of Topliss-reactive ketones (excluding diaryl/α,β-unsaturated/α-hetero) is 1. The summed E-state index contributed by atoms with van der Waals surface area (Å²) in [6, 6.07) is 0. The fourth-order valence-corrected chi connectivity index (χ4v) is 2.35. The van der Waals surface area contributed by atoms with Crippen molar-refractivity contribution in [2.75, 3.05) is 7.11 Å². The van der Waals surface area contributed by atoms with Crippen molar-refractivity contribution in [3.05, 3.63) is 0 Å². The van der Waals surface area contributed by atoms with E-state index in [0.717, 1.165) is 32.1 Å². The van der Waals surface area contributed by atoms with Crippen LogP contribution in [-0.4, -0.2) is 58.9 Å². The molecule has 1 fully saturated rings. The lowest BCUT2D eigenvalue weighted by Gasteiger charge is -2.17. The maximum Gasteiger partial charge on any atom is 0.192 e. The monoisotopic (exact) mass is 290 g/mol. The van der Waals surface area contributed by atoms with Gasteiger partial charge >= 0.3 is 0 Å². The lowest BCUT2D eigenvalue weighted by molar-refractivity contribution is -0.164. The standard InChI is InChI=1S/C14H26O6/c1-3-4-5-6-7-8-9(15)10(16)13-11(17)12(18)14(19-2)20-13/h9,11-15,17-18H,3-8H2,1-2H3/t9?,11-,12-,13+,14-/m0/s1. The highest BCUT2D eigenvalue weighted by Gasteiger charge is 2.47. The van der Waals surface area contributed by atoms with Crippen LogP contribution in [0.25, 0.3) is 0 Å². The van der Waals surface area contributed by atoms with E-state index in [-0.39, 0.29) is 0 Å². The van der Waals surface area contributed by atoms with Crippen LogP contribution in [0.2, 0.25) is 0 Å². The highest BCUT2D eigenvalue weighted by Crippen LogP contribution is 2.24. The molecule has 1 saturated heterocycles. The topological polar surface area (TPSA) is 96.2 Å². The van der Waals surface area contributed by atoms with Crippen LogP contribution in [0.3, 0.4) is 0 Å². The highest BCUT2D eigenvalue weighted by molar-refractivity contribution is 5.88. The summed E-state index contributed by atoms with van der Waals surface area (Å²) in [7, 11) is 1.32. The first-order valence-electron chi connectivity index (χ1n) is 7.29. The van der Waals surface area contributed by atoms with Crippen LogP contribution < -0.4 is 0 Å². The average Bonchev–Trinajstić information content (AvgIpc) is 2.73. The number of unbranched alkanes of at least 4 members (excludes halogenated alkanes) is 4. The largest absolute Gasteiger partial charge is 0.387 e. The Bertz CT molecular complexity index is 295. The molecule has 0 aromatic rings. The molecular weight excluding hydrogens is 264 g/mol. The number of aliphatic hydroxyl groups is 3. The van der Waals surface area contributed by atoms with Gasteiger partial charge in [-0.15, -0.1) is 0 Å². The molecule has 0 aromatic heterocycles. The molecule has 1 aliphatic heterocycles. The van der Waals surface area contributed by atoms with E-state index in [2.05, 4.69) is 6.92 Å². The van der Waals surface area contributed by atoms with E-state index < -0.39 is 36.5 Å². The van der Waals surface area contributed by atoms with Crippen molar-refractivity contribution in [1.82, 2.24) is 0 Å². The number of ether oxygens (including phenoxy) is 2. The summed E-state index contributed by atoms with van der Waals surface area (Å²) in [5.74, 6) is -0.591. The molecule has 0 bridgehead atoms. The summed E-state index contributed by atoms with van der Waals surface area (Å²) in [4.78, 5) is 12.0. The summed E-state index contributed by atoms with van der Waals surface area (Å²) < 4.78 is 9.94. The van der Waals surface area contributed by atoms with Gasteiger partial charge in [-0.3, -0.25) is 4.79 Å². The second-order valence-corrected chi connectivity index (χ2v) is 5.26. The number of hydrogen-bond donors (Lipinski definition) is 3. The van der Waals surface area contributed by atoms with Gasteiger partial charge in [-0.05, 0) is 6.42 Å². The molecule has 0 aliphatic carbocycles. The van der Waals surface area contributed by atoms with Crippen molar-refractivity contribution in [3.63, 3.8) is 0 Å². The molecule has 3 N–H and O–H groups in total. The zero-order valence-electron chi connectivity index (χ0n) is 12.2. The number of carbonyl (C=O) groups excluding carboxylic acids is 1. The van der Waals surface area contributed by atoms with Crippen LogP contribution in [0, 0.1) is 0 Å². The molecule has 0 spiro atoms. The van der Waals surface area contributed by atoms with Crippen molar-refractivity contribution in [2.45, 2.75) is 76.2 Å². The molecule has 0 radical (unpaired) electrons. The minimum atomic E-state index is -1.36. The Morgan fingerprint density at radius 2 is 1.85 bits per heavy atom. The van der Waals surface area contributed by atoms with Gasteiger partial charge in [-0.25, -0.2) is 0 Å². The normalized spacial score (nSPS) is 31.4. The number of methoxy groups -OCH3 is 1. The van der Waals surface area contributed by atoms with Crippen molar-refractivity contribution >= 4 is 5.78 Å². The number of carbonyl (C=O) groups is 1. The summed E-state index contributed by atoms with van der Waals surface area (Å²) in [5.41, 5.74) is 0. The van der Waals surface area contributed by atoms with Crippen LogP contribution >= 0.6 is 0 Å². The molecule has 6 nitrogen and oxygen atoms in total. The summed E-state index contributed by atoms with van der Waals surface area (Å²) >= 11 is 0. The Hall–Kier alpha value is -0.530. The van der Waals surface area contributed by atoms with Gasteiger partial charge in [0, 0.05) is 7.11 Å². The van der Waals surface area contributed by atoms with Crippen molar-refractivity contribution in [1.29, 1.82) is 0 Å². The van der Waals surface area contributed by atoms with Crippen molar-refractivity contribution in [2.24, 2.45) is 0 Å². The first kappa shape index (κ1) is 17.5. The van der Waals surface area contributed by atoms with Crippen LogP contribution in [0.15, 0.2) is 0 Å². The van der Waals surface area contributed by atoms with Gasteiger partial charge in [0.15, 0.2) is 18.2 Å². The molecule has 1 unspecified atom stereocenters. The summed E-state index contributed by atoms with van der Waals surface area (Å²) in [6.45, 7) is 2.12. The van der Waals surface area contributed by atoms with Gasteiger partial charge in [0.2, 0.25) is 0 Å². The fraction of sp³-hybridized carbons (Fsp3) is 0.929. The predicted molar refractivity (Wildman–Crippen MR) is 72.1 cm³/mol. The average molecular weight is 290 g/mol. The van der Waals surface area contributed by atoms with Gasteiger partial charge in [-0.1, -0.05) is 39.0 Å². The minimum Gasteiger partial charge on any atom is -0.387 e. The molecule has 5 atom stereocenters. The fourth-order valence-electron chi connectivity index (χ4n) is 2.35. The van der Waals surface area contributed by atoms with Gasteiger partial charge in [0.05, 0.1) is 0 Å². The zero-order chi connectivity index (χ0) is 15.1. The predicted octanol–water partition coefficient (Wildman–Crippen LogP) is 0.370. The maximum absolute atomic E-state index is 12.0. The second kappa shape index (κ2) is 8.69. The zero-order valence-corrected chi connectivity index (χ0v) is 12.2.